The van der Waals surface area contributed by atoms with Crippen LogP contribution in [0.25, 0.3) is 0 Å². The minimum atomic E-state index is 0.861. The molecule has 0 aliphatic rings. The van der Waals surface area contributed by atoms with Gasteiger partial charge < -0.3 is 11.1 Å². The van der Waals surface area contributed by atoms with Gasteiger partial charge in [0.25, 0.3) is 0 Å². The molecule has 0 aliphatic carbocycles. The maximum absolute atomic E-state index is 5.46. The molecule has 0 amide bonds. The van der Waals surface area contributed by atoms with E-state index in [1.54, 1.807) is 0 Å². The van der Waals surface area contributed by atoms with Gasteiger partial charge in [-0.2, -0.15) is 0 Å². The molecular formula is C15H34N2. The highest BCUT2D eigenvalue weighted by atomic mass is 14.8. The predicted molar refractivity (Wildman–Crippen MR) is 78.3 cm³/mol. The minimum Gasteiger partial charge on any atom is -0.330 e. The monoisotopic (exact) mass is 242 g/mol. The highest BCUT2D eigenvalue weighted by molar-refractivity contribution is 4.58. The van der Waals surface area contributed by atoms with E-state index < -0.39 is 0 Å². The summed E-state index contributed by atoms with van der Waals surface area (Å²) in [7, 11) is 0. The van der Waals surface area contributed by atoms with Crippen LogP contribution in [0, 0.1) is 5.92 Å². The molecule has 0 heterocycles. The zero-order valence-electron chi connectivity index (χ0n) is 12.1. The van der Waals surface area contributed by atoms with E-state index in [2.05, 4.69) is 19.2 Å². The predicted octanol–water partition coefficient (Wildman–Crippen LogP) is 3.70. The third kappa shape index (κ3) is 12.2. The molecule has 17 heavy (non-hydrogen) atoms. The van der Waals surface area contributed by atoms with Crippen LogP contribution in [0.1, 0.15) is 71.6 Å². The van der Waals surface area contributed by atoms with Crippen LogP contribution in [0.2, 0.25) is 0 Å². The summed E-state index contributed by atoms with van der Waals surface area (Å²) in [5.74, 6) is 0.881. The van der Waals surface area contributed by atoms with Gasteiger partial charge in [-0.25, -0.2) is 0 Å². The summed E-state index contributed by atoms with van der Waals surface area (Å²) >= 11 is 0. The summed E-state index contributed by atoms with van der Waals surface area (Å²) in [5, 5.41) is 3.58. The van der Waals surface area contributed by atoms with Crippen molar-refractivity contribution in [2.24, 2.45) is 11.7 Å². The number of hydrogen-bond acceptors (Lipinski definition) is 2. The Morgan fingerprint density at radius 3 is 1.88 bits per heavy atom. The van der Waals surface area contributed by atoms with Crippen molar-refractivity contribution in [2.75, 3.05) is 19.6 Å². The Balaban J connectivity index is 3.03. The van der Waals surface area contributed by atoms with Gasteiger partial charge in [-0.1, -0.05) is 58.8 Å². The molecule has 0 unspecified atom stereocenters. The van der Waals surface area contributed by atoms with E-state index >= 15 is 0 Å². The third-order valence-electron chi connectivity index (χ3n) is 3.65. The third-order valence-corrected chi connectivity index (χ3v) is 3.65. The topological polar surface area (TPSA) is 38.0 Å². The molecule has 0 fully saturated rings. The van der Waals surface area contributed by atoms with E-state index in [1.807, 2.05) is 0 Å². The average molecular weight is 242 g/mol. The van der Waals surface area contributed by atoms with Crippen molar-refractivity contribution in [3.8, 4) is 0 Å². The molecule has 0 saturated carbocycles. The summed E-state index contributed by atoms with van der Waals surface area (Å²) in [5.41, 5.74) is 5.46. The van der Waals surface area contributed by atoms with Crippen LogP contribution in [-0.4, -0.2) is 19.6 Å². The van der Waals surface area contributed by atoms with Gasteiger partial charge in [0.1, 0.15) is 0 Å². The Morgan fingerprint density at radius 2 is 1.35 bits per heavy atom. The van der Waals surface area contributed by atoms with Crippen LogP contribution in [0.3, 0.4) is 0 Å². The first kappa shape index (κ1) is 16.9. The summed E-state index contributed by atoms with van der Waals surface area (Å²) in [4.78, 5) is 0. The van der Waals surface area contributed by atoms with Crippen LogP contribution >= 0.6 is 0 Å². The molecule has 2 heteroatoms. The lowest BCUT2D eigenvalue weighted by atomic mass is 10.0. The lowest BCUT2D eigenvalue weighted by Gasteiger charge is -2.12. The quantitative estimate of drug-likeness (QED) is 0.483. The first-order valence-corrected chi connectivity index (χ1v) is 7.75. The van der Waals surface area contributed by atoms with E-state index in [1.165, 1.54) is 70.9 Å². The SMILES string of the molecule is CCC(CC)CNCCCCCCCCCN. The summed E-state index contributed by atoms with van der Waals surface area (Å²) in [6.07, 6.45) is 12.0. The number of unbranched alkanes of at least 4 members (excludes halogenated alkanes) is 6. The Hall–Kier alpha value is -0.0800. The van der Waals surface area contributed by atoms with Crippen LogP contribution < -0.4 is 11.1 Å². The second kappa shape index (κ2) is 14.0. The zero-order chi connectivity index (χ0) is 12.8. The van der Waals surface area contributed by atoms with Gasteiger partial charge in [0.05, 0.1) is 0 Å². The van der Waals surface area contributed by atoms with Crippen LogP contribution in [0.4, 0.5) is 0 Å². The lowest BCUT2D eigenvalue weighted by Crippen LogP contribution is -2.23. The van der Waals surface area contributed by atoms with Crippen molar-refractivity contribution in [3.63, 3.8) is 0 Å². The molecule has 0 rings (SSSR count). The largest absolute Gasteiger partial charge is 0.330 e. The van der Waals surface area contributed by atoms with Gasteiger partial charge in [0.15, 0.2) is 0 Å². The Morgan fingerprint density at radius 1 is 0.824 bits per heavy atom. The van der Waals surface area contributed by atoms with E-state index in [0.29, 0.717) is 0 Å². The Labute approximate surface area is 109 Å². The van der Waals surface area contributed by atoms with E-state index in [-0.39, 0.29) is 0 Å². The fourth-order valence-corrected chi connectivity index (χ4v) is 2.16. The van der Waals surface area contributed by atoms with Gasteiger partial charge in [-0.05, 0) is 38.4 Å². The van der Waals surface area contributed by atoms with Crippen molar-refractivity contribution in [2.45, 2.75) is 71.6 Å². The van der Waals surface area contributed by atoms with Crippen molar-refractivity contribution in [1.82, 2.24) is 5.32 Å². The van der Waals surface area contributed by atoms with Gasteiger partial charge in [0.2, 0.25) is 0 Å². The Bertz CT molecular complexity index is 133. The molecule has 0 radical (unpaired) electrons. The molecule has 2 nitrogen and oxygen atoms in total. The summed E-state index contributed by atoms with van der Waals surface area (Å²) in [6, 6.07) is 0. The first-order valence-electron chi connectivity index (χ1n) is 7.75. The molecule has 0 spiro atoms. The first-order chi connectivity index (χ1) is 8.35. The highest BCUT2D eigenvalue weighted by Crippen LogP contribution is 2.07. The lowest BCUT2D eigenvalue weighted by molar-refractivity contribution is 0.443. The minimum absolute atomic E-state index is 0.861. The van der Waals surface area contributed by atoms with Gasteiger partial charge in [-0.3, -0.25) is 0 Å². The maximum atomic E-state index is 5.46. The summed E-state index contributed by atoms with van der Waals surface area (Å²) in [6.45, 7) is 7.86. The van der Waals surface area contributed by atoms with Crippen molar-refractivity contribution in [3.05, 3.63) is 0 Å². The zero-order valence-corrected chi connectivity index (χ0v) is 12.1. The smallest absolute Gasteiger partial charge is 0.00207 e. The van der Waals surface area contributed by atoms with E-state index in [4.69, 9.17) is 5.73 Å². The van der Waals surface area contributed by atoms with Crippen molar-refractivity contribution < 1.29 is 0 Å². The standard InChI is InChI=1S/C15H34N2/c1-3-15(4-2)14-17-13-11-9-7-5-6-8-10-12-16/h15,17H,3-14,16H2,1-2H3. The highest BCUT2D eigenvalue weighted by Gasteiger charge is 2.01. The van der Waals surface area contributed by atoms with Gasteiger partial charge in [0, 0.05) is 0 Å². The number of rotatable bonds is 13. The molecule has 0 aromatic rings. The summed E-state index contributed by atoms with van der Waals surface area (Å²) < 4.78 is 0. The molecule has 3 N–H and O–H groups in total. The fraction of sp³-hybridized carbons (Fsp3) is 1.00. The molecule has 0 bridgehead atoms. The van der Waals surface area contributed by atoms with Crippen LogP contribution in [0.15, 0.2) is 0 Å². The van der Waals surface area contributed by atoms with E-state index in [0.717, 1.165) is 12.5 Å². The fourth-order valence-electron chi connectivity index (χ4n) is 2.16. The molecular weight excluding hydrogens is 208 g/mol. The van der Waals surface area contributed by atoms with Crippen LogP contribution in [0.5, 0.6) is 0 Å². The normalized spacial score (nSPS) is 11.3. The Kier molecular flexibility index (Phi) is 13.9. The molecule has 104 valence electrons. The molecule has 0 aromatic carbocycles. The van der Waals surface area contributed by atoms with Crippen molar-refractivity contribution >= 4 is 0 Å². The van der Waals surface area contributed by atoms with Gasteiger partial charge >= 0.3 is 0 Å². The van der Waals surface area contributed by atoms with Crippen molar-refractivity contribution in [1.29, 1.82) is 0 Å². The second-order valence-electron chi connectivity index (χ2n) is 5.15. The number of nitrogens with one attached hydrogen (secondary N) is 1. The second-order valence-corrected chi connectivity index (χ2v) is 5.15. The van der Waals surface area contributed by atoms with Crippen LogP contribution in [-0.2, 0) is 0 Å². The average Bonchev–Trinajstić information content (AvgIpc) is 2.36. The van der Waals surface area contributed by atoms with E-state index in [9.17, 15) is 0 Å². The van der Waals surface area contributed by atoms with Gasteiger partial charge in [-0.15, -0.1) is 0 Å². The molecule has 0 aromatic heterocycles. The molecule has 0 saturated heterocycles. The number of hydrogen-bond donors (Lipinski definition) is 2. The molecule has 0 atom stereocenters. The maximum Gasteiger partial charge on any atom is -0.00207 e. The number of nitrogens with two attached hydrogens (primary N) is 1. The molecule has 0 aliphatic heterocycles.